The Balaban J connectivity index is 1.51. The molecule has 2 heterocycles. The molecular weight excluding hydrogens is 494 g/mol. The zero-order chi connectivity index (χ0) is 23.9. The van der Waals surface area contributed by atoms with Crippen molar-refractivity contribution >= 4 is 56.0 Å². The number of thioether (sulfide) groups is 1. The average Bonchev–Trinajstić information content (AvgIpc) is 3.32. The predicted molar refractivity (Wildman–Crippen MR) is 139 cm³/mol. The number of anilines is 1. The number of carbonyl (C=O) groups is 1. The van der Waals surface area contributed by atoms with Crippen LogP contribution in [-0.2, 0) is 9.53 Å². The van der Waals surface area contributed by atoms with Crippen molar-refractivity contribution in [3.63, 3.8) is 0 Å². The number of hydrogen-bond acceptors (Lipinski definition) is 8. The van der Waals surface area contributed by atoms with Gasteiger partial charge in [-0.15, -0.1) is 11.8 Å². The van der Waals surface area contributed by atoms with Crippen LogP contribution in [-0.4, -0.2) is 75.2 Å². The molecule has 1 aliphatic rings. The van der Waals surface area contributed by atoms with Crippen molar-refractivity contribution in [3.05, 3.63) is 41.4 Å². The smallest absolute Gasteiger partial charge is 0.239 e. The number of nitrogens with zero attached hydrogens (tertiary/aromatic N) is 3. The highest BCUT2D eigenvalue weighted by molar-refractivity contribution is 8.00. The van der Waals surface area contributed by atoms with Crippen molar-refractivity contribution in [1.82, 2.24) is 9.88 Å². The average molecular weight is 522 g/mol. The van der Waals surface area contributed by atoms with Gasteiger partial charge in [-0.05, 0) is 42.8 Å². The van der Waals surface area contributed by atoms with Gasteiger partial charge in [0.25, 0.3) is 0 Å². The van der Waals surface area contributed by atoms with Gasteiger partial charge >= 0.3 is 0 Å². The minimum Gasteiger partial charge on any atom is -0.497 e. The molecule has 0 unspecified atom stereocenters. The van der Waals surface area contributed by atoms with E-state index in [0.717, 1.165) is 54.6 Å². The highest BCUT2D eigenvalue weighted by Crippen LogP contribution is 2.39. The summed E-state index contributed by atoms with van der Waals surface area (Å²) in [4.78, 5) is 23.3. The molecule has 1 fully saturated rings. The molecule has 0 spiro atoms. The lowest BCUT2D eigenvalue weighted by Crippen LogP contribution is -2.39. The number of ether oxygens (including phenoxy) is 3. The van der Waals surface area contributed by atoms with Gasteiger partial charge in [0.2, 0.25) is 5.91 Å². The SMILES string of the molecule is COc1ccc(SCC(=O)N(CCCN2CCOCC2)c2nc3c(OC)ccc(Cl)c3s2)cc1. The molecular formula is C24H28ClN3O4S2. The van der Waals surface area contributed by atoms with Crippen LogP contribution in [0.5, 0.6) is 11.5 Å². The van der Waals surface area contributed by atoms with E-state index in [-0.39, 0.29) is 5.91 Å². The third kappa shape index (κ3) is 6.14. The number of aromatic nitrogens is 1. The molecule has 1 amide bonds. The van der Waals surface area contributed by atoms with Crippen molar-refractivity contribution in [2.75, 3.05) is 64.3 Å². The summed E-state index contributed by atoms with van der Waals surface area (Å²) < 4.78 is 17.0. The zero-order valence-electron chi connectivity index (χ0n) is 19.3. The number of amides is 1. The highest BCUT2D eigenvalue weighted by Gasteiger charge is 2.22. The molecule has 0 N–H and O–H groups in total. The lowest BCUT2D eigenvalue weighted by atomic mass is 10.3. The molecule has 0 saturated carbocycles. The maximum Gasteiger partial charge on any atom is 0.239 e. The Morgan fingerprint density at radius 3 is 2.65 bits per heavy atom. The Hall–Kier alpha value is -2.04. The van der Waals surface area contributed by atoms with E-state index in [2.05, 4.69) is 4.90 Å². The monoisotopic (exact) mass is 521 g/mol. The van der Waals surface area contributed by atoms with E-state index in [1.807, 2.05) is 24.3 Å². The van der Waals surface area contributed by atoms with Crippen LogP contribution in [0.4, 0.5) is 5.13 Å². The highest BCUT2D eigenvalue weighted by atomic mass is 35.5. The summed E-state index contributed by atoms with van der Waals surface area (Å²) in [6, 6.07) is 11.3. The fourth-order valence-corrected chi connectivity index (χ4v) is 5.79. The van der Waals surface area contributed by atoms with Crippen LogP contribution in [0.1, 0.15) is 6.42 Å². The number of rotatable bonds is 10. The second kappa shape index (κ2) is 12.1. The van der Waals surface area contributed by atoms with Crippen LogP contribution in [0.2, 0.25) is 5.02 Å². The van der Waals surface area contributed by atoms with Crippen LogP contribution in [0.25, 0.3) is 10.2 Å². The molecule has 0 aliphatic carbocycles. The predicted octanol–water partition coefficient (Wildman–Crippen LogP) is 4.81. The van der Waals surface area contributed by atoms with Crippen molar-refractivity contribution in [2.45, 2.75) is 11.3 Å². The Kier molecular flexibility index (Phi) is 8.91. The fraction of sp³-hybridized carbons (Fsp3) is 0.417. The zero-order valence-corrected chi connectivity index (χ0v) is 21.7. The lowest BCUT2D eigenvalue weighted by Gasteiger charge is -2.27. The summed E-state index contributed by atoms with van der Waals surface area (Å²) in [7, 11) is 3.25. The Morgan fingerprint density at radius 1 is 1.18 bits per heavy atom. The van der Waals surface area contributed by atoms with Crippen LogP contribution in [0.15, 0.2) is 41.3 Å². The Bertz CT molecular complexity index is 1100. The number of fused-ring (bicyclic) bond motifs is 1. The molecule has 2 aromatic carbocycles. The lowest BCUT2D eigenvalue weighted by molar-refractivity contribution is -0.116. The molecule has 0 atom stereocenters. The van der Waals surface area contributed by atoms with Gasteiger partial charge in [-0.2, -0.15) is 0 Å². The van der Waals surface area contributed by atoms with Gasteiger partial charge in [-0.1, -0.05) is 22.9 Å². The van der Waals surface area contributed by atoms with E-state index < -0.39 is 0 Å². The van der Waals surface area contributed by atoms with Crippen LogP contribution < -0.4 is 14.4 Å². The number of halogens is 1. The van der Waals surface area contributed by atoms with E-state index in [0.29, 0.717) is 33.7 Å². The van der Waals surface area contributed by atoms with Crippen molar-refractivity contribution in [2.24, 2.45) is 0 Å². The molecule has 1 aliphatic heterocycles. The van der Waals surface area contributed by atoms with E-state index in [1.54, 1.807) is 31.3 Å². The van der Waals surface area contributed by atoms with Gasteiger partial charge in [-0.3, -0.25) is 14.6 Å². The summed E-state index contributed by atoms with van der Waals surface area (Å²) in [5.74, 6) is 1.76. The van der Waals surface area contributed by atoms with Gasteiger partial charge < -0.3 is 14.2 Å². The number of methoxy groups -OCH3 is 2. The van der Waals surface area contributed by atoms with Crippen LogP contribution in [0.3, 0.4) is 0 Å². The van der Waals surface area contributed by atoms with E-state index in [4.69, 9.17) is 30.8 Å². The summed E-state index contributed by atoms with van der Waals surface area (Å²) in [6.45, 7) is 4.87. The first-order valence-corrected chi connectivity index (χ1v) is 13.3. The van der Waals surface area contributed by atoms with Gasteiger partial charge in [0.15, 0.2) is 5.13 Å². The normalized spacial score (nSPS) is 14.3. The van der Waals surface area contributed by atoms with Gasteiger partial charge in [0.05, 0.1) is 42.9 Å². The quantitative estimate of drug-likeness (QED) is 0.354. The van der Waals surface area contributed by atoms with Crippen molar-refractivity contribution in [3.8, 4) is 11.5 Å². The van der Waals surface area contributed by atoms with Gasteiger partial charge in [0.1, 0.15) is 17.0 Å². The summed E-state index contributed by atoms with van der Waals surface area (Å²) >= 11 is 9.36. The first-order chi connectivity index (χ1) is 16.6. The van der Waals surface area contributed by atoms with E-state index >= 15 is 0 Å². The fourth-order valence-electron chi connectivity index (χ4n) is 3.72. The molecule has 34 heavy (non-hydrogen) atoms. The molecule has 4 rings (SSSR count). The number of carbonyl (C=O) groups excluding carboxylic acids is 1. The molecule has 1 aromatic heterocycles. The molecule has 10 heteroatoms. The third-order valence-electron chi connectivity index (χ3n) is 5.58. The number of benzene rings is 2. The molecule has 182 valence electrons. The first kappa shape index (κ1) is 25.1. The molecule has 1 saturated heterocycles. The van der Waals surface area contributed by atoms with Crippen LogP contribution in [0, 0.1) is 0 Å². The maximum absolute atomic E-state index is 13.4. The number of morpholine rings is 1. The molecule has 0 radical (unpaired) electrons. The summed E-state index contributed by atoms with van der Waals surface area (Å²) in [5, 5.41) is 1.25. The maximum atomic E-state index is 13.4. The minimum atomic E-state index is 0.0111. The minimum absolute atomic E-state index is 0.0111. The van der Waals surface area contributed by atoms with Gasteiger partial charge in [0, 0.05) is 31.1 Å². The summed E-state index contributed by atoms with van der Waals surface area (Å²) in [6.07, 6.45) is 0.847. The largest absolute Gasteiger partial charge is 0.497 e. The standard InChI is InChI=1S/C24H28ClN3O4S2/c1-30-17-4-6-18(7-5-17)33-16-21(29)28(11-3-10-27-12-14-32-15-13-27)24-26-22-20(31-2)9-8-19(25)23(22)34-24/h4-9H,3,10-16H2,1-2H3. The first-order valence-electron chi connectivity index (χ1n) is 11.1. The van der Waals surface area contributed by atoms with Crippen LogP contribution >= 0.6 is 34.7 Å². The number of thiazole rings is 1. The topological polar surface area (TPSA) is 64.1 Å². The number of hydrogen-bond donors (Lipinski definition) is 0. The van der Waals surface area contributed by atoms with Crippen molar-refractivity contribution < 1.29 is 19.0 Å². The molecule has 0 bridgehead atoms. The second-order valence-electron chi connectivity index (χ2n) is 7.74. The van der Waals surface area contributed by atoms with Gasteiger partial charge in [-0.25, -0.2) is 4.98 Å². The third-order valence-corrected chi connectivity index (χ3v) is 8.12. The van der Waals surface area contributed by atoms with E-state index in [9.17, 15) is 4.79 Å². The van der Waals surface area contributed by atoms with Crippen molar-refractivity contribution in [1.29, 1.82) is 0 Å². The Labute approximate surface area is 212 Å². The molecule has 3 aromatic rings. The van der Waals surface area contributed by atoms with E-state index in [1.165, 1.54) is 23.1 Å². The Morgan fingerprint density at radius 2 is 1.94 bits per heavy atom. The second-order valence-corrected chi connectivity index (χ2v) is 10.2. The molecule has 7 nitrogen and oxygen atoms in total. The summed E-state index contributed by atoms with van der Waals surface area (Å²) in [5.41, 5.74) is 0.684.